The van der Waals surface area contributed by atoms with Gasteiger partial charge in [-0.3, -0.25) is 0 Å². The van der Waals surface area contributed by atoms with Gasteiger partial charge >= 0.3 is 0 Å². The normalized spacial score (nSPS) is 18.5. The fourth-order valence-electron chi connectivity index (χ4n) is 4.94. The van der Waals surface area contributed by atoms with Crippen molar-refractivity contribution in [1.29, 1.82) is 0 Å². The number of benzene rings is 1. The second kappa shape index (κ2) is 8.36. The van der Waals surface area contributed by atoms with E-state index in [1.165, 1.54) is 19.3 Å². The molecule has 174 valence electrons. The second-order valence-corrected chi connectivity index (χ2v) is 9.60. The van der Waals surface area contributed by atoms with Crippen LogP contribution in [0.15, 0.2) is 42.6 Å². The Hall–Kier alpha value is -3.52. The molecule has 1 atom stereocenters. The average Bonchev–Trinajstić information content (AvgIpc) is 3.43. The van der Waals surface area contributed by atoms with Crippen molar-refractivity contribution in [3.63, 3.8) is 0 Å². The molecule has 1 saturated heterocycles. The summed E-state index contributed by atoms with van der Waals surface area (Å²) in [4.78, 5) is 6.80. The lowest BCUT2D eigenvalue weighted by molar-refractivity contribution is 0.311. The number of phenolic OH excluding ortho intramolecular Hbond substituents is 1. The molecule has 0 spiro atoms. The van der Waals surface area contributed by atoms with Crippen molar-refractivity contribution < 1.29 is 5.11 Å². The molecule has 2 aliphatic rings. The van der Waals surface area contributed by atoms with Crippen molar-refractivity contribution in [1.82, 2.24) is 30.1 Å². The van der Waals surface area contributed by atoms with Gasteiger partial charge in [0.25, 0.3) is 0 Å². The predicted octanol–water partition coefficient (Wildman–Crippen LogP) is 3.90. The molecule has 8 heteroatoms. The Labute approximate surface area is 198 Å². The number of aryl methyl sites for hydroxylation is 2. The Morgan fingerprint density at radius 2 is 1.85 bits per heavy atom. The van der Waals surface area contributed by atoms with Gasteiger partial charge in [-0.25, -0.2) is 9.50 Å². The maximum atomic E-state index is 10.8. The van der Waals surface area contributed by atoms with Crippen LogP contribution >= 0.6 is 0 Å². The zero-order chi connectivity index (χ0) is 23.2. The van der Waals surface area contributed by atoms with Crippen LogP contribution in [0.3, 0.4) is 0 Å². The SMILES string of the molecule is Cc1cn2nc(-c3ccc(-c4ccc(N5CCC(NC6CCC6)C5)nn4)c(O)c3)cc(C)c2n1. The average molecular weight is 456 g/mol. The third-order valence-electron chi connectivity index (χ3n) is 7.04. The van der Waals surface area contributed by atoms with Gasteiger partial charge in [0.15, 0.2) is 11.5 Å². The number of nitrogens with one attached hydrogen (secondary N) is 1. The summed E-state index contributed by atoms with van der Waals surface area (Å²) in [5, 5.41) is 28.1. The number of imidazole rings is 1. The van der Waals surface area contributed by atoms with E-state index in [1.54, 1.807) is 10.6 Å². The number of phenols is 1. The van der Waals surface area contributed by atoms with Crippen molar-refractivity contribution in [2.24, 2.45) is 0 Å². The number of rotatable bonds is 5. The van der Waals surface area contributed by atoms with Gasteiger partial charge < -0.3 is 15.3 Å². The van der Waals surface area contributed by atoms with Crippen molar-refractivity contribution >= 4 is 11.5 Å². The highest BCUT2D eigenvalue weighted by molar-refractivity contribution is 5.73. The molecule has 1 saturated carbocycles. The van der Waals surface area contributed by atoms with Crippen LogP contribution in [0.2, 0.25) is 0 Å². The summed E-state index contributed by atoms with van der Waals surface area (Å²) in [6, 6.07) is 12.7. The van der Waals surface area contributed by atoms with Gasteiger partial charge in [0.05, 0.1) is 23.3 Å². The van der Waals surface area contributed by atoms with Gasteiger partial charge in [-0.05, 0) is 69.0 Å². The Morgan fingerprint density at radius 3 is 2.59 bits per heavy atom. The second-order valence-electron chi connectivity index (χ2n) is 9.60. The Kier molecular flexibility index (Phi) is 5.17. The molecular formula is C26H29N7O. The summed E-state index contributed by atoms with van der Waals surface area (Å²) in [7, 11) is 0. The lowest BCUT2D eigenvalue weighted by Crippen LogP contribution is -2.43. The summed E-state index contributed by atoms with van der Waals surface area (Å²) in [6.45, 7) is 5.93. The maximum absolute atomic E-state index is 10.8. The molecule has 4 aromatic rings. The quantitative estimate of drug-likeness (QED) is 0.472. The topological polar surface area (TPSA) is 91.5 Å². The number of aromatic nitrogens is 5. The third kappa shape index (κ3) is 3.88. The first-order valence-electron chi connectivity index (χ1n) is 12.1. The molecule has 3 aromatic heterocycles. The summed E-state index contributed by atoms with van der Waals surface area (Å²) in [5.41, 5.74) is 5.74. The maximum Gasteiger partial charge on any atom is 0.156 e. The van der Waals surface area contributed by atoms with Crippen LogP contribution in [0, 0.1) is 13.8 Å². The first kappa shape index (κ1) is 21.0. The van der Waals surface area contributed by atoms with Gasteiger partial charge in [0.1, 0.15) is 5.75 Å². The zero-order valence-corrected chi connectivity index (χ0v) is 19.6. The minimum atomic E-state index is 0.159. The molecule has 1 aliphatic carbocycles. The van der Waals surface area contributed by atoms with Gasteiger partial charge in [-0.2, -0.15) is 5.10 Å². The van der Waals surface area contributed by atoms with Crippen LogP contribution in [0.25, 0.3) is 28.2 Å². The molecular weight excluding hydrogens is 426 g/mol. The summed E-state index contributed by atoms with van der Waals surface area (Å²) < 4.78 is 1.79. The van der Waals surface area contributed by atoms with Crippen LogP contribution in [-0.4, -0.2) is 55.1 Å². The zero-order valence-electron chi connectivity index (χ0n) is 19.6. The van der Waals surface area contributed by atoms with Crippen LogP contribution in [-0.2, 0) is 0 Å². The minimum Gasteiger partial charge on any atom is -0.507 e. The predicted molar refractivity (Wildman–Crippen MR) is 132 cm³/mol. The van der Waals surface area contributed by atoms with E-state index in [0.29, 0.717) is 23.3 Å². The van der Waals surface area contributed by atoms with Crippen molar-refractivity contribution in [3.8, 4) is 28.3 Å². The van der Waals surface area contributed by atoms with E-state index in [2.05, 4.69) is 30.5 Å². The van der Waals surface area contributed by atoms with E-state index in [4.69, 9.17) is 0 Å². The number of anilines is 1. The fraction of sp³-hybridized carbons (Fsp3) is 0.385. The van der Waals surface area contributed by atoms with Crippen LogP contribution in [0.5, 0.6) is 5.75 Å². The lowest BCUT2D eigenvalue weighted by atomic mass is 9.92. The summed E-state index contributed by atoms with van der Waals surface area (Å²) in [6.07, 6.45) is 7.01. The van der Waals surface area contributed by atoms with Crippen LogP contribution < -0.4 is 10.2 Å². The molecule has 2 fully saturated rings. The standard InChI is InChI=1S/C26H29N7O/c1-16-12-23(31-33-14-17(2)27-26(16)33)18-6-7-21(24(34)13-18)22-8-9-25(30-29-22)32-11-10-20(15-32)28-19-4-3-5-19/h6-9,12-14,19-20,28,34H,3-5,10-11,15H2,1-2H3. The molecule has 8 nitrogen and oxygen atoms in total. The molecule has 1 aliphatic heterocycles. The smallest absolute Gasteiger partial charge is 0.156 e. The van der Waals surface area contributed by atoms with Crippen LogP contribution in [0.4, 0.5) is 5.82 Å². The number of nitrogens with zero attached hydrogens (tertiary/aromatic N) is 6. The van der Waals surface area contributed by atoms with Crippen molar-refractivity contribution in [3.05, 3.63) is 53.9 Å². The van der Waals surface area contributed by atoms with Gasteiger partial charge in [-0.15, -0.1) is 10.2 Å². The molecule has 1 aromatic carbocycles. The third-order valence-corrected chi connectivity index (χ3v) is 7.04. The molecule has 4 heterocycles. The van der Waals surface area contributed by atoms with E-state index >= 15 is 0 Å². The molecule has 1 unspecified atom stereocenters. The van der Waals surface area contributed by atoms with Crippen molar-refractivity contribution in [2.75, 3.05) is 18.0 Å². The Morgan fingerprint density at radius 1 is 0.971 bits per heavy atom. The number of aromatic hydroxyl groups is 1. The molecule has 34 heavy (non-hydrogen) atoms. The first-order valence-corrected chi connectivity index (χ1v) is 12.1. The van der Waals surface area contributed by atoms with Gasteiger partial charge in [0.2, 0.25) is 0 Å². The summed E-state index contributed by atoms with van der Waals surface area (Å²) in [5.74, 6) is 1.05. The monoisotopic (exact) mass is 455 g/mol. The first-order chi connectivity index (χ1) is 16.5. The van der Waals surface area contributed by atoms with E-state index in [9.17, 15) is 5.11 Å². The van der Waals surface area contributed by atoms with Crippen molar-refractivity contribution in [2.45, 2.75) is 51.6 Å². The highest BCUT2D eigenvalue weighted by Crippen LogP contribution is 2.33. The number of hydrogen-bond acceptors (Lipinski definition) is 7. The Bertz CT molecular complexity index is 1340. The Balaban J connectivity index is 1.20. The molecule has 0 amide bonds. The van der Waals surface area contributed by atoms with E-state index in [0.717, 1.165) is 53.5 Å². The summed E-state index contributed by atoms with van der Waals surface area (Å²) >= 11 is 0. The van der Waals surface area contributed by atoms with E-state index in [-0.39, 0.29) is 5.75 Å². The number of fused-ring (bicyclic) bond motifs is 1. The highest BCUT2D eigenvalue weighted by Gasteiger charge is 2.27. The highest BCUT2D eigenvalue weighted by atomic mass is 16.3. The largest absolute Gasteiger partial charge is 0.507 e. The minimum absolute atomic E-state index is 0.159. The van der Waals surface area contributed by atoms with E-state index < -0.39 is 0 Å². The molecule has 6 rings (SSSR count). The van der Waals surface area contributed by atoms with Crippen LogP contribution in [0.1, 0.15) is 36.9 Å². The van der Waals surface area contributed by atoms with Gasteiger partial charge in [-0.1, -0.05) is 12.5 Å². The van der Waals surface area contributed by atoms with Gasteiger partial charge in [0, 0.05) is 36.3 Å². The lowest BCUT2D eigenvalue weighted by Gasteiger charge is -2.29. The molecule has 0 bridgehead atoms. The molecule has 0 radical (unpaired) electrons. The number of hydrogen-bond donors (Lipinski definition) is 2. The molecule has 2 N–H and O–H groups in total. The fourth-order valence-corrected chi connectivity index (χ4v) is 4.94. The van der Waals surface area contributed by atoms with E-state index in [1.807, 2.05) is 50.4 Å².